The molecule has 72 valence electrons. The van der Waals surface area contributed by atoms with E-state index in [0.29, 0.717) is 12.1 Å². The molecule has 0 spiro atoms. The molecule has 12 heavy (non-hydrogen) atoms. The van der Waals surface area contributed by atoms with Crippen molar-refractivity contribution in [3.63, 3.8) is 0 Å². The molecule has 2 unspecified atom stereocenters. The zero-order valence-electron chi connectivity index (χ0n) is 8.02. The summed E-state index contributed by atoms with van der Waals surface area (Å²) in [6, 6.07) is 1.31. The first-order valence-corrected chi connectivity index (χ1v) is 5.31. The van der Waals surface area contributed by atoms with Crippen molar-refractivity contribution < 1.29 is 0 Å². The summed E-state index contributed by atoms with van der Waals surface area (Å²) < 4.78 is 0. The Balaban J connectivity index is 2.28. The van der Waals surface area contributed by atoms with Gasteiger partial charge in [0, 0.05) is 31.1 Å². The van der Waals surface area contributed by atoms with Crippen LogP contribution in [0.4, 0.5) is 0 Å². The predicted molar refractivity (Wildman–Crippen MR) is 53.8 cm³/mol. The third kappa shape index (κ3) is 2.92. The maximum Gasteiger partial charge on any atom is 0.0235 e. The number of rotatable bonds is 3. The topological polar surface area (TPSA) is 15.3 Å². The molecule has 2 atom stereocenters. The highest BCUT2D eigenvalue weighted by atomic mass is 35.5. The van der Waals surface area contributed by atoms with Gasteiger partial charge in [0.15, 0.2) is 0 Å². The third-order valence-electron chi connectivity index (χ3n) is 2.47. The van der Waals surface area contributed by atoms with E-state index in [1.54, 1.807) is 0 Å². The van der Waals surface area contributed by atoms with Gasteiger partial charge in [0.2, 0.25) is 0 Å². The minimum absolute atomic E-state index is 0.636. The summed E-state index contributed by atoms with van der Waals surface area (Å²) in [4.78, 5) is 2.52. The Labute approximate surface area is 80.3 Å². The van der Waals surface area contributed by atoms with Gasteiger partial charge in [-0.15, -0.1) is 11.6 Å². The van der Waals surface area contributed by atoms with Crippen LogP contribution >= 0.6 is 11.6 Å². The van der Waals surface area contributed by atoms with E-state index in [4.69, 9.17) is 11.6 Å². The van der Waals surface area contributed by atoms with Gasteiger partial charge in [-0.1, -0.05) is 0 Å². The third-order valence-corrected chi connectivity index (χ3v) is 2.74. The van der Waals surface area contributed by atoms with Crippen LogP contribution in [0.15, 0.2) is 0 Å². The van der Waals surface area contributed by atoms with Gasteiger partial charge in [-0.3, -0.25) is 4.90 Å². The summed E-state index contributed by atoms with van der Waals surface area (Å²) in [7, 11) is 0. The van der Waals surface area contributed by atoms with Crippen molar-refractivity contribution in [2.75, 3.05) is 25.5 Å². The molecule has 1 rings (SSSR count). The minimum Gasteiger partial charge on any atom is -0.311 e. The van der Waals surface area contributed by atoms with E-state index >= 15 is 0 Å². The summed E-state index contributed by atoms with van der Waals surface area (Å²) >= 11 is 5.66. The summed E-state index contributed by atoms with van der Waals surface area (Å²) in [5.74, 6) is 0.783. The standard InChI is InChI=1S/C9H19ClN2/c1-8-7-12(5-3-4-10)9(2)6-11-8/h8-9,11H,3-7H2,1-2H3. The molecule has 3 heteroatoms. The molecule has 0 aromatic rings. The molecule has 0 aliphatic carbocycles. The maximum absolute atomic E-state index is 5.66. The van der Waals surface area contributed by atoms with Crippen LogP contribution in [0.5, 0.6) is 0 Å². The number of nitrogens with zero attached hydrogens (tertiary/aromatic N) is 1. The van der Waals surface area contributed by atoms with Crippen molar-refractivity contribution in [3.05, 3.63) is 0 Å². The smallest absolute Gasteiger partial charge is 0.0235 e. The molecule has 0 amide bonds. The number of hydrogen-bond donors (Lipinski definition) is 1. The zero-order chi connectivity index (χ0) is 8.97. The second-order valence-electron chi connectivity index (χ2n) is 3.70. The number of hydrogen-bond acceptors (Lipinski definition) is 2. The highest BCUT2D eigenvalue weighted by Crippen LogP contribution is 2.06. The van der Waals surface area contributed by atoms with Crippen molar-refractivity contribution in [1.82, 2.24) is 10.2 Å². The van der Waals surface area contributed by atoms with Gasteiger partial charge in [-0.2, -0.15) is 0 Å². The minimum atomic E-state index is 0.636. The van der Waals surface area contributed by atoms with Gasteiger partial charge in [-0.05, 0) is 26.8 Å². The van der Waals surface area contributed by atoms with E-state index in [1.165, 1.54) is 0 Å². The Kier molecular flexibility index (Phi) is 4.33. The molecule has 0 saturated carbocycles. The van der Waals surface area contributed by atoms with E-state index in [-0.39, 0.29) is 0 Å². The Morgan fingerprint density at radius 3 is 2.92 bits per heavy atom. The fraction of sp³-hybridized carbons (Fsp3) is 1.00. The molecular weight excluding hydrogens is 172 g/mol. The van der Waals surface area contributed by atoms with E-state index in [9.17, 15) is 0 Å². The van der Waals surface area contributed by atoms with Crippen LogP contribution in [0.2, 0.25) is 0 Å². The number of halogens is 1. The highest BCUT2D eigenvalue weighted by Gasteiger charge is 2.20. The molecule has 1 fully saturated rings. The molecule has 2 nitrogen and oxygen atoms in total. The fourth-order valence-corrected chi connectivity index (χ4v) is 1.79. The number of nitrogens with one attached hydrogen (secondary N) is 1. The predicted octanol–water partition coefficient (Wildman–Crippen LogP) is 1.30. The summed E-state index contributed by atoms with van der Waals surface area (Å²) in [6.07, 6.45) is 1.11. The lowest BCUT2D eigenvalue weighted by Crippen LogP contribution is -2.54. The SMILES string of the molecule is CC1CN(CCCCl)C(C)CN1. The summed E-state index contributed by atoms with van der Waals surface area (Å²) in [6.45, 7) is 7.94. The monoisotopic (exact) mass is 190 g/mol. The quantitative estimate of drug-likeness (QED) is 0.675. The molecule has 0 aromatic carbocycles. The lowest BCUT2D eigenvalue weighted by atomic mass is 10.1. The van der Waals surface area contributed by atoms with Crippen LogP contribution < -0.4 is 5.32 Å². The first-order valence-electron chi connectivity index (χ1n) is 4.77. The van der Waals surface area contributed by atoms with E-state index in [2.05, 4.69) is 24.1 Å². The second-order valence-corrected chi connectivity index (χ2v) is 4.07. The second kappa shape index (κ2) is 5.05. The van der Waals surface area contributed by atoms with Crippen molar-refractivity contribution >= 4 is 11.6 Å². The van der Waals surface area contributed by atoms with E-state index in [1.807, 2.05) is 0 Å². The largest absolute Gasteiger partial charge is 0.311 e. The highest BCUT2D eigenvalue weighted by molar-refractivity contribution is 6.17. The molecule has 0 radical (unpaired) electrons. The lowest BCUT2D eigenvalue weighted by Gasteiger charge is -2.37. The number of piperazine rings is 1. The molecule has 1 aliphatic heterocycles. The molecule has 0 bridgehead atoms. The molecule has 1 saturated heterocycles. The van der Waals surface area contributed by atoms with Gasteiger partial charge >= 0.3 is 0 Å². The molecule has 1 N–H and O–H groups in total. The summed E-state index contributed by atoms with van der Waals surface area (Å²) in [5.41, 5.74) is 0. The van der Waals surface area contributed by atoms with Crippen LogP contribution in [-0.2, 0) is 0 Å². The van der Waals surface area contributed by atoms with Gasteiger partial charge in [0.1, 0.15) is 0 Å². The van der Waals surface area contributed by atoms with Gasteiger partial charge in [-0.25, -0.2) is 0 Å². The van der Waals surface area contributed by atoms with Crippen molar-refractivity contribution in [3.8, 4) is 0 Å². The molecular formula is C9H19ClN2. The van der Waals surface area contributed by atoms with Crippen molar-refractivity contribution in [2.24, 2.45) is 0 Å². The first kappa shape index (κ1) is 10.3. The molecule has 1 heterocycles. The van der Waals surface area contributed by atoms with Crippen LogP contribution in [-0.4, -0.2) is 42.5 Å². The maximum atomic E-state index is 5.66. The first-order chi connectivity index (χ1) is 5.74. The Bertz CT molecular complexity index is 130. The Hall–Kier alpha value is 0.210. The molecule has 0 aromatic heterocycles. The van der Waals surface area contributed by atoms with E-state index < -0.39 is 0 Å². The van der Waals surface area contributed by atoms with Crippen LogP contribution in [0.1, 0.15) is 20.3 Å². The summed E-state index contributed by atoms with van der Waals surface area (Å²) in [5, 5.41) is 3.46. The Morgan fingerprint density at radius 1 is 1.50 bits per heavy atom. The van der Waals surface area contributed by atoms with Crippen LogP contribution in [0.3, 0.4) is 0 Å². The van der Waals surface area contributed by atoms with Crippen LogP contribution in [0.25, 0.3) is 0 Å². The molecule has 1 aliphatic rings. The average Bonchev–Trinajstić information content (AvgIpc) is 2.07. The number of alkyl halides is 1. The Morgan fingerprint density at radius 2 is 2.25 bits per heavy atom. The van der Waals surface area contributed by atoms with Crippen molar-refractivity contribution in [2.45, 2.75) is 32.4 Å². The zero-order valence-corrected chi connectivity index (χ0v) is 8.77. The van der Waals surface area contributed by atoms with Gasteiger partial charge in [0.05, 0.1) is 0 Å². The van der Waals surface area contributed by atoms with Crippen molar-refractivity contribution in [1.29, 1.82) is 0 Å². The van der Waals surface area contributed by atoms with Gasteiger partial charge < -0.3 is 5.32 Å². The lowest BCUT2D eigenvalue weighted by molar-refractivity contribution is 0.147. The normalized spacial score (nSPS) is 32.2. The van der Waals surface area contributed by atoms with Crippen LogP contribution in [0, 0.1) is 0 Å². The van der Waals surface area contributed by atoms with Gasteiger partial charge in [0.25, 0.3) is 0 Å². The average molecular weight is 191 g/mol. The van der Waals surface area contributed by atoms with E-state index in [0.717, 1.165) is 31.9 Å². The fourth-order valence-electron chi connectivity index (χ4n) is 1.67.